The third-order valence-electron chi connectivity index (χ3n) is 2.73. The van der Waals surface area contributed by atoms with Crippen molar-refractivity contribution in [1.29, 1.82) is 0 Å². The van der Waals surface area contributed by atoms with Crippen LogP contribution in [0, 0.1) is 6.92 Å². The van der Waals surface area contributed by atoms with Crippen molar-refractivity contribution in [3.05, 3.63) is 46.5 Å². The maximum Gasteiger partial charge on any atom is 0.349 e. The SMILES string of the molecule is Cc1c(O)[n+]2cccc3ccn(c1=O)c32. The Morgan fingerprint density at radius 3 is 3.00 bits per heavy atom. The lowest BCUT2D eigenvalue weighted by Crippen LogP contribution is -2.31. The van der Waals surface area contributed by atoms with Crippen molar-refractivity contribution in [3.63, 3.8) is 0 Å². The highest BCUT2D eigenvalue weighted by Crippen LogP contribution is 2.13. The van der Waals surface area contributed by atoms with Gasteiger partial charge in [0.2, 0.25) is 0 Å². The predicted molar refractivity (Wildman–Crippen MR) is 54.4 cm³/mol. The van der Waals surface area contributed by atoms with Gasteiger partial charge >= 0.3 is 11.2 Å². The normalized spacial score (nSPS) is 11.5. The zero-order valence-electron chi connectivity index (χ0n) is 8.14. The largest absolute Gasteiger partial charge is 0.477 e. The van der Waals surface area contributed by atoms with Crippen molar-refractivity contribution >= 4 is 11.0 Å². The van der Waals surface area contributed by atoms with Crippen molar-refractivity contribution < 1.29 is 9.51 Å². The Morgan fingerprint density at radius 1 is 1.40 bits per heavy atom. The molecule has 74 valence electrons. The van der Waals surface area contributed by atoms with E-state index in [-0.39, 0.29) is 11.4 Å². The monoisotopic (exact) mass is 201 g/mol. The lowest BCUT2D eigenvalue weighted by Gasteiger charge is -1.98. The van der Waals surface area contributed by atoms with Gasteiger partial charge in [-0.1, -0.05) is 0 Å². The molecular weight excluding hydrogens is 192 g/mol. The fourth-order valence-corrected chi connectivity index (χ4v) is 1.92. The predicted octanol–water partition coefficient (Wildman–Crippen LogP) is 0.490. The van der Waals surface area contributed by atoms with Crippen LogP contribution in [0.5, 0.6) is 5.88 Å². The van der Waals surface area contributed by atoms with E-state index in [1.165, 1.54) is 0 Å². The summed E-state index contributed by atoms with van der Waals surface area (Å²) in [7, 11) is 0. The van der Waals surface area contributed by atoms with E-state index in [4.69, 9.17) is 0 Å². The van der Waals surface area contributed by atoms with Crippen LogP contribution in [-0.2, 0) is 0 Å². The Labute approximate surface area is 85.0 Å². The van der Waals surface area contributed by atoms with Gasteiger partial charge in [-0.2, -0.15) is 8.80 Å². The molecule has 4 heteroatoms. The molecule has 3 rings (SSSR count). The maximum absolute atomic E-state index is 11.8. The molecule has 3 aromatic heterocycles. The molecule has 0 unspecified atom stereocenters. The molecule has 1 N–H and O–H groups in total. The number of nitrogens with zero attached hydrogens (tertiary/aromatic N) is 2. The van der Waals surface area contributed by atoms with Gasteiger partial charge < -0.3 is 5.11 Å². The quantitative estimate of drug-likeness (QED) is 0.538. The lowest BCUT2D eigenvalue weighted by molar-refractivity contribution is -0.525. The Kier molecular flexibility index (Phi) is 1.36. The van der Waals surface area contributed by atoms with Crippen LogP contribution in [0.15, 0.2) is 35.4 Å². The molecular formula is C11H9N2O2+. The molecule has 4 nitrogen and oxygen atoms in total. The van der Waals surface area contributed by atoms with Gasteiger partial charge in [-0.25, -0.2) is 4.79 Å². The van der Waals surface area contributed by atoms with E-state index in [1.54, 1.807) is 28.1 Å². The van der Waals surface area contributed by atoms with Gasteiger partial charge in [-0.3, -0.25) is 0 Å². The molecule has 0 bridgehead atoms. The van der Waals surface area contributed by atoms with Gasteiger partial charge in [0.15, 0.2) is 0 Å². The zero-order chi connectivity index (χ0) is 10.6. The van der Waals surface area contributed by atoms with E-state index in [2.05, 4.69) is 0 Å². The molecule has 0 aliphatic rings. The smallest absolute Gasteiger partial charge is 0.349 e. The van der Waals surface area contributed by atoms with Gasteiger partial charge in [0.1, 0.15) is 11.8 Å². The van der Waals surface area contributed by atoms with E-state index in [0.717, 1.165) is 5.39 Å². The van der Waals surface area contributed by atoms with Crippen molar-refractivity contribution in [1.82, 2.24) is 4.40 Å². The molecule has 0 aliphatic heterocycles. The van der Waals surface area contributed by atoms with Crippen LogP contribution in [0.3, 0.4) is 0 Å². The summed E-state index contributed by atoms with van der Waals surface area (Å²) in [5.74, 6) is 0.0109. The second-order valence-electron chi connectivity index (χ2n) is 3.60. The van der Waals surface area contributed by atoms with E-state index in [0.29, 0.717) is 11.2 Å². The van der Waals surface area contributed by atoms with Crippen molar-refractivity contribution in [2.45, 2.75) is 6.92 Å². The first-order valence-corrected chi connectivity index (χ1v) is 4.67. The van der Waals surface area contributed by atoms with Gasteiger partial charge in [0.05, 0.1) is 11.6 Å². The Balaban J connectivity index is 2.80. The third kappa shape index (κ3) is 0.857. The van der Waals surface area contributed by atoms with Crippen LogP contribution in [0.2, 0.25) is 0 Å². The Hall–Kier alpha value is -2.10. The third-order valence-corrected chi connectivity index (χ3v) is 2.73. The molecule has 0 spiro atoms. The summed E-state index contributed by atoms with van der Waals surface area (Å²) < 4.78 is 3.16. The van der Waals surface area contributed by atoms with Crippen molar-refractivity contribution in [2.75, 3.05) is 0 Å². The minimum Gasteiger partial charge on any atom is -0.477 e. The average Bonchev–Trinajstić information content (AvgIpc) is 2.68. The van der Waals surface area contributed by atoms with Gasteiger partial charge in [0, 0.05) is 0 Å². The van der Waals surface area contributed by atoms with Crippen LogP contribution < -0.4 is 9.96 Å². The summed E-state index contributed by atoms with van der Waals surface area (Å²) in [5.41, 5.74) is 0.899. The first-order chi connectivity index (χ1) is 7.20. The van der Waals surface area contributed by atoms with E-state index >= 15 is 0 Å². The average molecular weight is 201 g/mol. The van der Waals surface area contributed by atoms with E-state index in [1.807, 2.05) is 18.2 Å². The summed E-state index contributed by atoms with van der Waals surface area (Å²) in [5, 5.41) is 10.8. The molecule has 0 atom stereocenters. The Bertz CT molecular complexity index is 715. The summed E-state index contributed by atoms with van der Waals surface area (Å²) in [6.45, 7) is 1.62. The molecule has 15 heavy (non-hydrogen) atoms. The summed E-state index contributed by atoms with van der Waals surface area (Å²) in [6, 6.07) is 5.60. The number of hydrogen-bond acceptors (Lipinski definition) is 2. The first kappa shape index (κ1) is 8.23. The standard InChI is InChI=1S/C11H8N2O2/c1-7-10(14)12-5-2-3-8-4-6-13(9(8)12)11(7)15/h2-6H,1H3/p+1. The van der Waals surface area contributed by atoms with Gasteiger partial charge in [-0.15, -0.1) is 0 Å². The molecule has 3 aromatic rings. The minimum atomic E-state index is -0.172. The molecule has 0 fully saturated rings. The number of aromatic hydroxyl groups is 1. The second-order valence-corrected chi connectivity index (χ2v) is 3.60. The molecule has 3 heterocycles. The van der Waals surface area contributed by atoms with Crippen molar-refractivity contribution in [3.8, 4) is 5.88 Å². The molecule has 0 saturated carbocycles. The fraction of sp³-hybridized carbons (Fsp3) is 0.0909. The second kappa shape index (κ2) is 2.48. The highest BCUT2D eigenvalue weighted by atomic mass is 16.3. The number of aromatic nitrogens is 2. The van der Waals surface area contributed by atoms with Crippen molar-refractivity contribution in [2.24, 2.45) is 0 Å². The molecule has 0 aliphatic carbocycles. The zero-order valence-corrected chi connectivity index (χ0v) is 8.14. The van der Waals surface area contributed by atoms with Crippen LogP contribution in [0.1, 0.15) is 5.56 Å². The number of rotatable bonds is 0. The highest BCUT2D eigenvalue weighted by molar-refractivity contribution is 5.73. The van der Waals surface area contributed by atoms with E-state index < -0.39 is 0 Å². The minimum absolute atomic E-state index is 0.0109. The topological polar surface area (TPSA) is 45.8 Å². The lowest BCUT2D eigenvalue weighted by atomic mass is 10.3. The van der Waals surface area contributed by atoms with Gasteiger partial charge in [-0.05, 0) is 25.1 Å². The van der Waals surface area contributed by atoms with Crippen LogP contribution in [-0.4, -0.2) is 9.51 Å². The summed E-state index contributed by atoms with van der Waals surface area (Å²) in [4.78, 5) is 11.8. The summed E-state index contributed by atoms with van der Waals surface area (Å²) in [6.07, 6.45) is 3.46. The highest BCUT2D eigenvalue weighted by Gasteiger charge is 2.20. The number of hydrogen-bond donors (Lipinski definition) is 1. The molecule has 0 saturated heterocycles. The maximum atomic E-state index is 11.8. The van der Waals surface area contributed by atoms with Crippen LogP contribution >= 0.6 is 0 Å². The Morgan fingerprint density at radius 2 is 2.20 bits per heavy atom. The fourth-order valence-electron chi connectivity index (χ4n) is 1.92. The molecule has 0 radical (unpaired) electrons. The van der Waals surface area contributed by atoms with E-state index in [9.17, 15) is 9.90 Å². The first-order valence-electron chi connectivity index (χ1n) is 4.67. The molecule has 0 amide bonds. The van der Waals surface area contributed by atoms with Gasteiger partial charge in [0.25, 0.3) is 5.88 Å². The number of pyridine rings is 1. The summed E-state index contributed by atoms with van der Waals surface area (Å²) >= 11 is 0. The molecule has 0 aromatic carbocycles. The van der Waals surface area contributed by atoms with Crippen LogP contribution in [0.25, 0.3) is 11.0 Å². The van der Waals surface area contributed by atoms with Crippen LogP contribution in [0.4, 0.5) is 0 Å².